The van der Waals surface area contributed by atoms with Gasteiger partial charge in [-0.1, -0.05) is 35.9 Å². The molecule has 2 aromatic rings. The third kappa shape index (κ3) is 5.35. The number of benzene rings is 2. The van der Waals surface area contributed by atoms with Crippen LogP contribution in [-0.2, 0) is 11.4 Å². The van der Waals surface area contributed by atoms with Gasteiger partial charge in [0.2, 0.25) is 0 Å². The van der Waals surface area contributed by atoms with Crippen LogP contribution in [0.4, 0.5) is 0 Å². The van der Waals surface area contributed by atoms with Crippen molar-refractivity contribution in [2.75, 3.05) is 6.54 Å². The van der Waals surface area contributed by atoms with Crippen LogP contribution in [0.2, 0.25) is 0 Å². The average Bonchev–Trinajstić information content (AvgIpc) is 2.58. The van der Waals surface area contributed by atoms with Crippen LogP contribution in [0.25, 0.3) is 0 Å². The minimum Gasteiger partial charge on any atom is -0.489 e. The van der Waals surface area contributed by atoms with Gasteiger partial charge in [0.05, 0.1) is 5.41 Å². The van der Waals surface area contributed by atoms with Crippen LogP contribution in [0.1, 0.15) is 35.3 Å². The standard InChI is InChI=1S/C20H23NO4/c1-14-6-4-7-15(10-14)12-25-17-9-5-8-16(11-17)18(22)21-13-20(2,3)19(23)24/h4-11H,12-13H2,1-3H3,(H,21,22)(H,23,24). The van der Waals surface area contributed by atoms with Gasteiger partial charge >= 0.3 is 5.97 Å². The lowest BCUT2D eigenvalue weighted by molar-refractivity contribution is -0.146. The van der Waals surface area contributed by atoms with Crippen LogP contribution in [0.3, 0.4) is 0 Å². The summed E-state index contributed by atoms with van der Waals surface area (Å²) in [6.45, 7) is 5.62. The largest absolute Gasteiger partial charge is 0.489 e. The highest BCUT2D eigenvalue weighted by molar-refractivity contribution is 5.94. The van der Waals surface area contributed by atoms with Crippen LogP contribution < -0.4 is 10.1 Å². The summed E-state index contributed by atoms with van der Waals surface area (Å²) in [4.78, 5) is 23.3. The Balaban J connectivity index is 1.98. The maximum absolute atomic E-state index is 12.2. The van der Waals surface area contributed by atoms with Gasteiger partial charge in [0.15, 0.2) is 0 Å². The Labute approximate surface area is 147 Å². The number of aryl methyl sites for hydroxylation is 1. The zero-order valence-electron chi connectivity index (χ0n) is 14.7. The SMILES string of the molecule is Cc1cccc(COc2cccc(C(=O)NCC(C)(C)C(=O)O)c2)c1. The van der Waals surface area contributed by atoms with Gasteiger partial charge in [-0.2, -0.15) is 0 Å². The average molecular weight is 341 g/mol. The van der Waals surface area contributed by atoms with Crippen molar-refractivity contribution in [3.63, 3.8) is 0 Å². The molecule has 0 bridgehead atoms. The second-order valence-electron chi connectivity index (χ2n) is 6.68. The zero-order valence-corrected chi connectivity index (χ0v) is 14.7. The smallest absolute Gasteiger partial charge is 0.310 e. The number of ether oxygens (including phenoxy) is 1. The molecular formula is C20H23NO4. The first kappa shape index (κ1) is 18.5. The molecular weight excluding hydrogens is 318 g/mol. The number of aliphatic carboxylic acids is 1. The zero-order chi connectivity index (χ0) is 18.4. The number of rotatable bonds is 7. The van der Waals surface area contributed by atoms with Gasteiger partial charge in [0, 0.05) is 12.1 Å². The third-order valence-corrected chi connectivity index (χ3v) is 3.85. The predicted molar refractivity (Wildman–Crippen MR) is 95.7 cm³/mol. The van der Waals surface area contributed by atoms with E-state index < -0.39 is 11.4 Å². The summed E-state index contributed by atoms with van der Waals surface area (Å²) in [5.41, 5.74) is 1.63. The predicted octanol–water partition coefficient (Wildman–Crippen LogP) is 3.41. The van der Waals surface area contributed by atoms with Gasteiger partial charge in [-0.05, 0) is 44.5 Å². The van der Waals surface area contributed by atoms with Crippen molar-refractivity contribution in [1.29, 1.82) is 0 Å². The molecule has 0 aromatic heterocycles. The lowest BCUT2D eigenvalue weighted by atomic mass is 9.94. The molecule has 25 heavy (non-hydrogen) atoms. The first-order valence-corrected chi connectivity index (χ1v) is 8.08. The normalized spacial score (nSPS) is 11.0. The summed E-state index contributed by atoms with van der Waals surface area (Å²) in [6.07, 6.45) is 0. The topological polar surface area (TPSA) is 75.6 Å². The molecule has 0 saturated carbocycles. The number of nitrogens with one attached hydrogen (secondary N) is 1. The van der Waals surface area contributed by atoms with E-state index in [0.717, 1.165) is 11.1 Å². The van der Waals surface area contributed by atoms with Crippen molar-refractivity contribution in [2.45, 2.75) is 27.4 Å². The molecule has 0 unspecified atom stereocenters. The van der Waals surface area contributed by atoms with E-state index in [9.17, 15) is 9.59 Å². The molecule has 0 atom stereocenters. The van der Waals surface area contributed by atoms with E-state index >= 15 is 0 Å². The summed E-state index contributed by atoms with van der Waals surface area (Å²) >= 11 is 0. The highest BCUT2D eigenvalue weighted by Gasteiger charge is 2.27. The molecule has 2 N–H and O–H groups in total. The van der Waals surface area contributed by atoms with Gasteiger partial charge in [-0.3, -0.25) is 9.59 Å². The molecule has 0 saturated heterocycles. The minimum absolute atomic E-state index is 0.0511. The first-order valence-electron chi connectivity index (χ1n) is 8.08. The molecule has 1 amide bonds. The summed E-state index contributed by atoms with van der Waals surface area (Å²) in [7, 11) is 0. The highest BCUT2D eigenvalue weighted by Crippen LogP contribution is 2.17. The van der Waals surface area contributed by atoms with E-state index in [1.807, 2.05) is 31.2 Å². The highest BCUT2D eigenvalue weighted by atomic mass is 16.5. The number of carbonyl (C=O) groups excluding carboxylic acids is 1. The summed E-state index contributed by atoms with van der Waals surface area (Å²) < 4.78 is 5.75. The molecule has 2 aromatic carbocycles. The monoisotopic (exact) mass is 341 g/mol. The van der Waals surface area contributed by atoms with Crippen molar-refractivity contribution in [2.24, 2.45) is 5.41 Å². The Kier molecular flexibility index (Phi) is 5.80. The lowest BCUT2D eigenvalue weighted by Crippen LogP contribution is -2.38. The molecule has 0 aliphatic rings. The molecule has 0 radical (unpaired) electrons. The number of hydrogen-bond acceptors (Lipinski definition) is 3. The Morgan fingerprint density at radius 1 is 1.12 bits per heavy atom. The Morgan fingerprint density at radius 2 is 1.84 bits per heavy atom. The van der Waals surface area contributed by atoms with Crippen LogP contribution in [0.5, 0.6) is 5.75 Å². The van der Waals surface area contributed by atoms with Gasteiger partial charge in [-0.15, -0.1) is 0 Å². The van der Waals surface area contributed by atoms with Crippen molar-refractivity contribution >= 4 is 11.9 Å². The van der Waals surface area contributed by atoms with E-state index in [4.69, 9.17) is 9.84 Å². The van der Waals surface area contributed by atoms with Gasteiger partial charge in [-0.25, -0.2) is 0 Å². The maximum Gasteiger partial charge on any atom is 0.310 e. The van der Waals surface area contributed by atoms with Crippen molar-refractivity contribution in [3.05, 3.63) is 65.2 Å². The molecule has 5 nitrogen and oxygen atoms in total. The Hall–Kier alpha value is -2.82. The summed E-state index contributed by atoms with van der Waals surface area (Å²) in [5.74, 6) is -0.690. The molecule has 132 valence electrons. The molecule has 5 heteroatoms. The fraction of sp³-hybridized carbons (Fsp3) is 0.300. The quantitative estimate of drug-likeness (QED) is 0.809. The minimum atomic E-state index is -1.02. The van der Waals surface area contributed by atoms with Gasteiger partial charge < -0.3 is 15.2 Å². The van der Waals surface area contributed by atoms with Crippen molar-refractivity contribution < 1.29 is 19.4 Å². The van der Waals surface area contributed by atoms with E-state index in [2.05, 4.69) is 5.32 Å². The second-order valence-corrected chi connectivity index (χ2v) is 6.68. The summed E-state index contributed by atoms with van der Waals surface area (Å²) in [6, 6.07) is 14.9. The van der Waals surface area contributed by atoms with E-state index in [0.29, 0.717) is 17.9 Å². The summed E-state index contributed by atoms with van der Waals surface area (Å²) in [5, 5.41) is 11.7. The molecule has 0 heterocycles. The Morgan fingerprint density at radius 3 is 2.52 bits per heavy atom. The number of carbonyl (C=O) groups is 2. The number of amides is 1. The third-order valence-electron chi connectivity index (χ3n) is 3.85. The van der Waals surface area contributed by atoms with Crippen molar-refractivity contribution in [3.8, 4) is 5.75 Å². The maximum atomic E-state index is 12.2. The van der Waals surface area contributed by atoms with E-state index in [-0.39, 0.29) is 12.5 Å². The number of hydrogen-bond donors (Lipinski definition) is 2. The van der Waals surface area contributed by atoms with Crippen LogP contribution in [-0.4, -0.2) is 23.5 Å². The fourth-order valence-corrected chi connectivity index (χ4v) is 2.17. The fourth-order valence-electron chi connectivity index (χ4n) is 2.17. The van der Waals surface area contributed by atoms with E-state index in [1.54, 1.807) is 38.1 Å². The van der Waals surface area contributed by atoms with Gasteiger partial charge in [0.25, 0.3) is 5.91 Å². The van der Waals surface area contributed by atoms with Gasteiger partial charge in [0.1, 0.15) is 12.4 Å². The molecule has 0 spiro atoms. The van der Waals surface area contributed by atoms with Crippen LogP contribution >= 0.6 is 0 Å². The van der Waals surface area contributed by atoms with Crippen molar-refractivity contribution in [1.82, 2.24) is 5.32 Å². The molecule has 0 aliphatic carbocycles. The van der Waals surface area contributed by atoms with Crippen LogP contribution in [0, 0.1) is 12.3 Å². The Bertz CT molecular complexity index is 768. The molecule has 2 rings (SSSR count). The lowest BCUT2D eigenvalue weighted by Gasteiger charge is -2.19. The second kappa shape index (κ2) is 7.83. The first-order chi connectivity index (χ1) is 11.8. The van der Waals surface area contributed by atoms with Crippen LogP contribution in [0.15, 0.2) is 48.5 Å². The molecule has 0 fully saturated rings. The molecule has 0 aliphatic heterocycles. The number of carboxylic acid groups (broad SMARTS) is 1. The number of carboxylic acids is 1. The van der Waals surface area contributed by atoms with E-state index in [1.165, 1.54) is 0 Å².